The van der Waals surface area contributed by atoms with Gasteiger partial charge in [0.05, 0.1) is 19.4 Å². The summed E-state index contributed by atoms with van der Waals surface area (Å²) in [6.45, 7) is 4.61. The number of esters is 1. The fraction of sp³-hybridized carbons (Fsp3) is 0.231. The third-order valence-electron chi connectivity index (χ3n) is 5.00. The van der Waals surface area contributed by atoms with Crippen molar-refractivity contribution in [2.45, 2.75) is 33.1 Å². The molecule has 0 N–H and O–H groups in total. The van der Waals surface area contributed by atoms with Crippen LogP contribution in [-0.2, 0) is 27.4 Å². The minimum Gasteiger partial charge on any atom is -0.467 e. The zero-order chi connectivity index (χ0) is 22.2. The predicted octanol–water partition coefficient (Wildman–Crippen LogP) is 4.82. The molecular weight excluding hydrogens is 390 g/mol. The molecule has 0 fully saturated rings. The fourth-order valence-corrected chi connectivity index (χ4v) is 3.11. The maximum atomic E-state index is 12.8. The smallest absolute Gasteiger partial charge is 0.334 e. The normalized spacial score (nSPS) is 12.1. The largest absolute Gasteiger partial charge is 0.467 e. The summed E-state index contributed by atoms with van der Waals surface area (Å²) in [5.41, 5.74) is 4.51. The highest BCUT2D eigenvalue weighted by molar-refractivity contribution is 6.08. The number of carbonyl (C=O) groups excluding carboxylic acids is 2. The zero-order valence-electron chi connectivity index (χ0n) is 18.1. The number of methoxy groups -OCH3 is 1. The number of allylic oxidation sites excluding steroid dienone is 1. The van der Waals surface area contributed by atoms with E-state index < -0.39 is 6.10 Å². The highest BCUT2D eigenvalue weighted by Crippen LogP contribution is 2.13. The van der Waals surface area contributed by atoms with Gasteiger partial charge in [-0.2, -0.15) is 0 Å². The van der Waals surface area contributed by atoms with Crippen LogP contribution >= 0.6 is 0 Å². The number of rotatable bonds is 9. The molecule has 2 aromatic carbocycles. The molecule has 160 valence electrons. The number of hydrogen-bond acceptors (Lipinski definition) is 4. The molecule has 0 bridgehead atoms. The van der Waals surface area contributed by atoms with Gasteiger partial charge in [-0.1, -0.05) is 66.2 Å². The van der Waals surface area contributed by atoms with Gasteiger partial charge in [0.1, 0.15) is 0 Å². The van der Waals surface area contributed by atoms with Crippen LogP contribution in [0.5, 0.6) is 0 Å². The van der Waals surface area contributed by atoms with E-state index in [-0.39, 0.29) is 11.8 Å². The Bertz CT molecular complexity index is 1050. The van der Waals surface area contributed by atoms with E-state index >= 15 is 0 Å². The van der Waals surface area contributed by atoms with Crippen molar-refractivity contribution in [3.05, 3.63) is 101 Å². The molecule has 5 heteroatoms. The highest BCUT2D eigenvalue weighted by Gasteiger charge is 2.13. The predicted molar refractivity (Wildman–Crippen MR) is 121 cm³/mol. The minimum absolute atomic E-state index is 0.0175. The van der Waals surface area contributed by atoms with Crippen LogP contribution in [0.1, 0.15) is 39.7 Å². The van der Waals surface area contributed by atoms with Gasteiger partial charge in [-0.3, -0.25) is 4.79 Å². The third kappa shape index (κ3) is 6.03. The molecule has 1 heterocycles. The minimum atomic E-state index is -0.594. The van der Waals surface area contributed by atoms with Crippen molar-refractivity contribution in [1.29, 1.82) is 0 Å². The molecule has 1 atom stereocenters. The van der Waals surface area contributed by atoms with E-state index in [1.807, 2.05) is 90.5 Å². The lowest BCUT2D eigenvalue weighted by atomic mass is 10.1. The number of aryl methyl sites for hydroxylation is 1. The molecule has 0 amide bonds. The second-order valence-electron chi connectivity index (χ2n) is 7.36. The molecule has 0 aliphatic carbocycles. The van der Waals surface area contributed by atoms with E-state index in [2.05, 4.69) is 4.74 Å². The molecule has 0 radical (unpaired) electrons. The first-order valence-electron chi connectivity index (χ1n) is 10.2. The van der Waals surface area contributed by atoms with Crippen molar-refractivity contribution in [3.63, 3.8) is 0 Å². The maximum absolute atomic E-state index is 12.8. The second kappa shape index (κ2) is 10.5. The number of nitrogens with zero attached hydrogens (tertiary/aromatic N) is 1. The van der Waals surface area contributed by atoms with E-state index in [1.165, 1.54) is 7.11 Å². The Morgan fingerprint density at radius 2 is 1.74 bits per heavy atom. The SMILES string of the molecule is COC(=O)[C@H](C)OCc1ccc(/C=C/Cn2cccc2C(=O)c2ccc(C)cc2)cc1. The van der Waals surface area contributed by atoms with Crippen LogP contribution in [-0.4, -0.2) is 29.5 Å². The molecule has 0 aliphatic rings. The van der Waals surface area contributed by atoms with Gasteiger partial charge in [0.15, 0.2) is 6.10 Å². The lowest BCUT2D eigenvalue weighted by Gasteiger charge is -2.10. The van der Waals surface area contributed by atoms with Gasteiger partial charge in [-0.15, -0.1) is 0 Å². The first kappa shape index (κ1) is 22.2. The molecule has 0 aliphatic heterocycles. The van der Waals surface area contributed by atoms with Crippen molar-refractivity contribution in [2.24, 2.45) is 0 Å². The molecule has 1 aromatic heterocycles. The molecule has 3 aromatic rings. The van der Waals surface area contributed by atoms with Crippen LogP contribution in [0.4, 0.5) is 0 Å². The summed E-state index contributed by atoms with van der Waals surface area (Å²) in [7, 11) is 1.35. The molecule has 3 rings (SSSR count). The molecule has 31 heavy (non-hydrogen) atoms. The number of benzene rings is 2. The number of hydrogen-bond donors (Lipinski definition) is 0. The van der Waals surface area contributed by atoms with Crippen LogP contribution in [0.2, 0.25) is 0 Å². The van der Waals surface area contributed by atoms with Crippen LogP contribution < -0.4 is 0 Å². The summed E-state index contributed by atoms with van der Waals surface area (Å²) < 4.78 is 12.1. The Morgan fingerprint density at radius 1 is 1.03 bits per heavy atom. The summed E-state index contributed by atoms with van der Waals surface area (Å²) in [5.74, 6) is -0.367. The average molecular weight is 418 g/mol. The van der Waals surface area contributed by atoms with Crippen molar-refractivity contribution >= 4 is 17.8 Å². The summed E-state index contributed by atoms with van der Waals surface area (Å²) >= 11 is 0. The van der Waals surface area contributed by atoms with Crippen molar-refractivity contribution in [1.82, 2.24) is 4.57 Å². The lowest BCUT2D eigenvalue weighted by Crippen LogP contribution is -2.21. The number of ether oxygens (including phenoxy) is 2. The van der Waals surface area contributed by atoms with Gasteiger partial charge in [0.25, 0.3) is 0 Å². The Labute approximate surface area is 182 Å². The molecular formula is C26H27NO4. The van der Waals surface area contributed by atoms with E-state index in [4.69, 9.17) is 4.74 Å². The topological polar surface area (TPSA) is 57.5 Å². The number of ketones is 1. The molecule has 0 saturated carbocycles. The van der Waals surface area contributed by atoms with E-state index in [0.717, 1.165) is 16.7 Å². The average Bonchev–Trinajstić information content (AvgIpc) is 3.26. The molecule has 0 unspecified atom stereocenters. The summed E-state index contributed by atoms with van der Waals surface area (Å²) in [6.07, 6.45) is 5.36. The maximum Gasteiger partial charge on any atom is 0.334 e. The van der Waals surface area contributed by atoms with Crippen LogP contribution in [0.15, 0.2) is 72.9 Å². The Hall–Kier alpha value is -3.44. The fourth-order valence-electron chi connectivity index (χ4n) is 3.11. The monoisotopic (exact) mass is 417 g/mol. The first-order valence-corrected chi connectivity index (χ1v) is 10.2. The zero-order valence-corrected chi connectivity index (χ0v) is 18.1. The van der Waals surface area contributed by atoms with Crippen LogP contribution in [0.3, 0.4) is 0 Å². The molecule has 5 nitrogen and oxygen atoms in total. The van der Waals surface area contributed by atoms with Gasteiger partial charge >= 0.3 is 5.97 Å². The Balaban J connectivity index is 1.58. The standard InChI is InChI=1S/C26H27NO4/c1-19-8-14-23(15-9-19)25(28)24-7-5-17-27(24)16-4-6-21-10-12-22(13-11-21)18-31-20(2)26(29)30-3/h4-15,17,20H,16,18H2,1-3H3/b6-4+/t20-/m0/s1. The molecule has 0 saturated heterocycles. The number of carbonyl (C=O) groups is 2. The van der Waals surface area contributed by atoms with Gasteiger partial charge in [-0.25, -0.2) is 4.79 Å². The van der Waals surface area contributed by atoms with Crippen molar-refractivity contribution in [2.75, 3.05) is 7.11 Å². The van der Waals surface area contributed by atoms with Gasteiger partial charge in [0, 0.05) is 18.3 Å². The second-order valence-corrected chi connectivity index (χ2v) is 7.36. The third-order valence-corrected chi connectivity index (χ3v) is 5.00. The van der Waals surface area contributed by atoms with E-state index in [9.17, 15) is 9.59 Å². The quantitative estimate of drug-likeness (QED) is 0.370. The summed E-state index contributed by atoms with van der Waals surface area (Å²) in [6, 6.07) is 19.3. The van der Waals surface area contributed by atoms with E-state index in [1.54, 1.807) is 6.92 Å². The van der Waals surface area contributed by atoms with E-state index in [0.29, 0.717) is 24.4 Å². The van der Waals surface area contributed by atoms with Crippen molar-refractivity contribution < 1.29 is 19.1 Å². The molecule has 0 spiro atoms. The van der Waals surface area contributed by atoms with Crippen LogP contribution in [0.25, 0.3) is 6.08 Å². The lowest BCUT2D eigenvalue weighted by molar-refractivity contribution is -0.153. The Kier molecular flexibility index (Phi) is 7.57. The summed E-state index contributed by atoms with van der Waals surface area (Å²) in [4.78, 5) is 24.2. The van der Waals surface area contributed by atoms with Gasteiger partial charge in [0.2, 0.25) is 5.78 Å². The van der Waals surface area contributed by atoms with Crippen molar-refractivity contribution in [3.8, 4) is 0 Å². The van der Waals surface area contributed by atoms with Crippen LogP contribution in [0, 0.1) is 6.92 Å². The Morgan fingerprint density at radius 3 is 2.42 bits per heavy atom. The first-order chi connectivity index (χ1) is 15.0. The number of aromatic nitrogens is 1. The van der Waals surface area contributed by atoms with Gasteiger partial charge in [-0.05, 0) is 37.1 Å². The van der Waals surface area contributed by atoms with Gasteiger partial charge < -0.3 is 14.0 Å². The highest BCUT2D eigenvalue weighted by atomic mass is 16.6. The summed E-state index contributed by atoms with van der Waals surface area (Å²) in [5, 5.41) is 0.